The minimum atomic E-state index is -0.442. The molecule has 0 unspecified atom stereocenters. The molecule has 1 aliphatic heterocycles. The molecule has 2 aromatic carbocycles. The fourth-order valence-electron chi connectivity index (χ4n) is 4.22. The van der Waals surface area contributed by atoms with Crippen LogP contribution < -0.4 is 0 Å². The van der Waals surface area contributed by atoms with Gasteiger partial charge in [-0.2, -0.15) is 0 Å². The van der Waals surface area contributed by atoms with Crippen molar-refractivity contribution in [1.82, 2.24) is 4.90 Å². The van der Waals surface area contributed by atoms with Gasteiger partial charge in [0.05, 0.1) is 4.92 Å². The van der Waals surface area contributed by atoms with Crippen LogP contribution >= 0.6 is 0 Å². The molecule has 2 aliphatic rings. The first kappa shape index (κ1) is 19.1. The number of non-ortho nitro benzene ring substituents is 1. The number of hydrogen-bond donors (Lipinski definition) is 0. The van der Waals surface area contributed by atoms with Gasteiger partial charge in [-0.15, -0.1) is 0 Å². The summed E-state index contributed by atoms with van der Waals surface area (Å²) >= 11 is 0. The Hall–Kier alpha value is -3.21. The molecule has 148 valence electrons. The average molecular weight is 388 g/mol. The van der Waals surface area contributed by atoms with Crippen LogP contribution in [0.5, 0.6) is 0 Å². The Morgan fingerprint density at radius 1 is 0.931 bits per heavy atom. The lowest BCUT2D eigenvalue weighted by Gasteiger charge is -2.31. The lowest BCUT2D eigenvalue weighted by Crippen LogP contribution is -2.30. The number of nitrogens with zero attached hydrogens (tertiary/aromatic N) is 2. The zero-order valence-electron chi connectivity index (χ0n) is 16.3. The van der Waals surface area contributed by atoms with Crippen molar-refractivity contribution in [2.24, 2.45) is 0 Å². The number of likely N-dealkylation sites (tertiary alicyclic amines) is 1. The Morgan fingerprint density at radius 3 is 2.28 bits per heavy atom. The van der Waals surface area contributed by atoms with Crippen molar-refractivity contribution in [3.8, 4) is 0 Å². The predicted molar refractivity (Wildman–Crippen MR) is 114 cm³/mol. The summed E-state index contributed by atoms with van der Waals surface area (Å²) in [7, 11) is 0. The fraction of sp³-hybridized carbons (Fsp3) is 0.292. The summed E-state index contributed by atoms with van der Waals surface area (Å²) in [5, 5.41) is 10.9. The van der Waals surface area contributed by atoms with Crippen molar-refractivity contribution in [1.29, 1.82) is 0 Å². The number of benzene rings is 2. The maximum absolute atomic E-state index is 13.3. The normalized spacial score (nSPS) is 18.3. The van der Waals surface area contributed by atoms with Crippen molar-refractivity contribution in [3.63, 3.8) is 0 Å². The summed E-state index contributed by atoms with van der Waals surface area (Å²) in [5.41, 5.74) is 4.79. The Labute approximate surface area is 170 Å². The topological polar surface area (TPSA) is 63.5 Å². The number of nitro benzene ring substituents is 1. The molecule has 29 heavy (non-hydrogen) atoms. The molecule has 0 bridgehead atoms. The Kier molecular flexibility index (Phi) is 5.56. The second kappa shape index (κ2) is 8.43. The van der Waals surface area contributed by atoms with Gasteiger partial charge in [-0.25, -0.2) is 0 Å². The third kappa shape index (κ3) is 4.14. The molecule has 5 heteroatoms. The van der Waals surface area contributed by atoms with Gasteiger partial charge < -0.3 is 4.90 Å². The lowest BCUT2D eigenvalue weighted by atomic mass is 10.00. The molecular formula is C24H24N2O3. The molecule has 5 nitrogen and oxygen atoms in total. The van der Waals surface area contributed by atoms with Crippen molar-refractivity contribution in [2.75, 3.05) is 13.1 Å². The van der Waals surface area contributed by atoms with Gasteiger partial charge in [0, 0.05) is 42.1 Å². The molecule has 0 spiro atoms. The summed E-state index contributed by atoms with van der Waals surface area (Å²) < 4.78 is 0. The van der Waals surface area contributed by atoms with Crippen LogP contribution in [-0.2, 0) is 0 Å². The molecule has 0 amide bonds. The molecule has 0 aromatic heterocycles. The zero-order chi connectivity index (χ0) is 20.2. The van der Waals surface area contributed by atoms with Crippen molar-refractivity contribution < 1.29 is 9.72 Å². The van der Waals surface area contributed by atoms with E-state index in [1.165, 1.54) is 24.1 Å². The van der Waals surface area contributed by atoms with E-state index in [4.69, 9.17) is 0 Å². The van der Waals surface area contributed by atoms with Gasteiger partial charge in [-0.05, 0) is 61.4 Å². The second-order valence-corrected chi connectivity index (χ2v) is 7.59. The van der Waals surface area contributed by atoms with Crippen LogP contribution in [0.4, 0.5) is 5.69 Å². The van der Waals surface area contributed by atoms with E-state index < -0.39 is 4.92 Å². The molecule has 1 saturated heterocycles. The molecule has 0 N–H and O–H groups in total. The number of allylic oxidation sites excluding steroid dienone is 2. The lowest BCUT2D eigenvalue weighted by molar-refractivity contribution is -0.384. The minimum absolute atomic E-state index is 0.00266. The second-order valence-electron chi connectivity index (χ2n) is 7.59. The molecule has 1 aliphatic carbocycles. The highest BCUT2D eigenvalue weighted by molar-refractivity contribution is 6.10. The maximum atomic E-state index is 13.3. The summed E-state index contributed by atoms with van der Waals surface area (Å²) in [4.78, 5) is 26.1. The molecule has 0 atom stereocenters. The monoisotopic (exact) mass is 388 g/mol. The Bertz CT molecular complexity index is 969. The van der Waals surface area contributed by atoms with Crippen LogP contribution in [0, 0.1) is 10.1 Å². The van der Waals surface area contributed by atoms with Crippen LogP contribution in [-0.4, -0.2) is 28.7 Å². The van der Waals surface area contributed by atoms with E-state index in [2.05, 4.69) is 23.1 Å². The summed E-state index contributed by atoms with van der Waals surface area (Å²) in [6.45, 7) is 1.94. The number of Topliss-reactive ketones (excluding diaryl/α,β-unsaturated/α-hetero) is 1. The van der Waals surface area contributed by atoms with Gasteiger partial charge in [0.1, 0.15) is 0 Å². The smallest absolute Gasteiger partial charge is 0.269 e. The summed E-state index contributed by atoms with van der Waals surface area (Å²) in [6.07, 6.45) is 7.25. The Morgan fingerprint density at radius 2 is 1.62 bits per heavy atom. The SMILES string of the molecule is O=C(C1=C(N2CCCCC2)C(=Cc2ccccc2)CC1)c1ccc([N+](=O)[O-])cc1. The van der Waals surface area contributed by atoms with Gasteiger partial charge in [-0.1, -0.05) is 30.3 Å². The van der Waals surface area contributed by atoms with Crippen LogP contribution in [0.15, 0.2) is 71.4 Å². The van der Waals surface area contributed by atoms with Gasteiger partial charge in [0.15, 0.2) is 5.78 Å². The molecule has 0 radical (unpaired) electrons. The molecule has 4 rings (SSSR count). The third-order valence-electron chi connectivity index (χ3n) is 5.66. The molecule has 1 fully saturated rings. The minimum Gasteiger partial charge on any atom is -0.371 e. The van der Waals surface area contributed by atoms with Crippen LogP contribution in [0.25, 0.3) is 6.08 Å². The molecule has 0 saturated carbocycles. The van der Waals surface area contributed by atoms with E-state index in [1.807, 2.05) is 18.2 Å². The van der Waals surface area contributed by atoms with Crippen molar-refractivity contribution in [2.45, 2.75) is 32.1 Å². The van der Waals surface area contributed by atoms with E-state index >= 15 is 0 Å². The summed E-state index contributed by atoms with van der Waals surface area (Å²) in [6, 6.07) is 16.2. The number of hydrogen-bond acceptors (Lipinski definition) is 4. The maximum Gasteiger partial charge on any atom is 0.269 e. The van der Waals surface area contributed by atoms with Crippen molar-refractivity contribution >= 4 is 17.5 Å². The van der Waals surface area contributed by atoms with Crippen LogP contribution in [0.2, 0.25) is 0 Å². The first-order chi connectivity index (χ1) is 14.1. The fourth-order valence-corrected chi connectivity index (χ4v) is 4.22. The standard InChI is InChI=1S/C24H24N2O3/c27-24(19-9-12-21(13-10-19)26(28)29)22-14-11-20(17-18-7-3-1-4-8-18)23(22)25-15-5-2-6-16-25/h1,3-4,7-10,12-13,17H,2,5-6,11,14-16H2. The average Bonchev–Trinajstić information content (AvgIpc) is 3.18. The number of carbonyl (C=O) groups is 1. The first-order valence-electron chi connectivity index (χ1n) is 10.2. The van der Waals surface area contributed by atoms with E-state index in [9.17, 15) is 14.9 Å². The Balaban J connectivity index is 1.72. The van der Waals surface area contributed by atoms with E-state index in [1.54, 1.807) is 12.1 Å². The van der Waals surface area contributed by atoms with Crippen molar-refractivity contribution in [3.05, 3.63) is 92.7 Å². The zero-order valence-corrected chi connectivity index (χ0v) is 16.3. The van der Waals surface area contributed by atoms with Gasteiger partial charge >= 0.3 is 0 Å². The predicted octanol–water partition coefficient (Wildman–Crippen LogP) is 5.39. The first-order valence-corrected chi connectivity index (χ1v) is 10.2. The number of ketones is 1. The highest BCUT2D eigenvalue weighted by Gasteiger charge is 2.30. The van der Waals surface area contributed by atoms with E-state index in [-0.39, 0.29) is 11.5 Å². The van der Waals surface area contributed by atoms with E-state index in [0.717, 1.165) is 49.2 Å². The largest absolute Gasteiger partial charge is 0.371 e. The third-order valence-corrected chi connectivity index (χ3v) is 5.66. The number of piperidine rings is 1. The number of nitro groups is 1. The number of rotatable bonds is 5. The van der Waals surface area contributed by atoms with E-state index in [0.29, 0.717) is 12.0 Å². The summed E-state index contributed by atoms with van der Waals surface area (Å²) in [5.74, 6) is -0.0167. The molecule has 2 aromatic rings. The highest BCUT2D eigenvalue weighted by atomic mass is 16.6. The van der Waals surface area contributed by atoms with Gasteiger partial charge in [0.25, 0.3) is 5.69 Å². The highest BCUT2D eigenvalue weighted by Crippen LogP contribution is 2.38. The molecule has 1 heterocycles. The van der Waals surface area contributed by atoms with Gasteiger partial charge in [-0.3, -0.25) is 14.9 Å². The quantitative estimate of drug-likeness (QED) is 0.391. The number of carbonyl (C=O) groups excluding carboxylic acids is 1. The van der Waals surface area contributed by atoms with Gasteiger partial charge in [0.2, 0.25) is 0 Å². The van der Waals surface area contributed by atoms with Crippen LogP contribution in [0.1, 0.15) is 48.0 Å². The molecular weight excluding hydrogens is 364 g/mol. The van der Waals surface area contributed by atoms with Crippen LogP contribution in [0.3, 0.4) is 0 Å².